The van der Waals surface area contributed by atoms with Crippen LogP contribution in [0.25, 0.3) is 6.08 Å². The highest BCUT2D eigenvalue weighted by molar-refractivity contribution is 9.10. The van der Waals surface area contributed by atoms with Crippen LogP contribution >= 0.6 is 31.9 Å². The molecule has 0 amide bonds. The molecule has 0 saturated carbocycles. The molecule has 3 aromatic carbocycles. The highest BCUT2D eigenvalue weighted by Crippen LogP contribution is 2.24. The summed E-state index contributed by atoms with van der Waals surface area (Å²) in [5.74, 6) is -1.46. The second-order valence-corrected chi connectivity index (χ2v) is 10.1. The van der Waals surface area contributed by atoms with Crippen molar-refractivity contribution in [3.63, 3.8) is 0 Å². The first kappa shape index (κ1) is 21.6. The molecule has 0 spiro atoms. The number of rotatable bonds is 6. The number of carbonyl (C=O) groups excluding carboxylic acids is 1. The van der Waals surface area contributed by atoms with Gasteiger partial charge in [-0.3, -0.25) is 4.79 Å². The number of sulfone groups is 1. The quantitative estimate of drug-likeness (QED) is 0.278. The van der Waals surface area contributed by atoms with Crippen LogP contribution in [0.3, 0.4) is 0 Å². The van der Waals surface area contributed by atoms with Gasteiger partial charge in [0.2, 0.25) is 5.78 Å². The number of hydrogen-bond acceptors (Lipinski definition) is 3. The maximum absolute atomic E-state index is 13.2. The van der Waals surface area contributed by atoms with Crippen LogP contribution in [-0.2, 0) is 15.6 Å². The van der Waals surface area contributed by atoms with Crippen molar-refractivity contribution in [1.29, 1.82) is 0 Å². The van der Waals surface area contributed by atoms with E-state index in [0.29, 0.717) is 11.1 Å². The molecule has 3 aromatic rings. The predicted octanol–water partition coefficient (Wildman–Crippen LogP) is 6.19. The highest BCUT2D eigenvalue weighted by Gasteiger charge is 2.26. The topological polar surface area (TPSA) is 51.2 Å². The van der Waals surface area contributed by atoms with Gasteiger partial charge in [-0.2, -0.15) is 0 Å². The molecule has 0 saturated heterocycles. The molecule has 0 atom stereocenters. The van der Waals surface area contributed by atoms with Crippen LogP contribution in [0.1, 0.15) is 21.5 Å². The lowest BCUT2D eigenvalue weighted by Gasteiger charge is -2.10. The van der Waals surface area contributed by atoms with E-state index in [4.69, 9.17) is 0 Å². The van der Waals surface area contributed by atoms with Crippen LogP contribution in [0.15, 0.2) is 86.6 Å². The van der Waals surface area contributed by atoms with E-state index in [1.54, 1.807) is 48.5 Å². The molecule has 0 aromatic heterocycles. The van der Waals surface area contributed by atoms with Gasteiger partial charge in [0.25, 0.3) is 0 Å². The van der Waals surface area contributed by atoms with Gasteiger partial charge >= 0.3 is 0 Å². The summed E-state index contributed by atoms with van der Waals surface area (Å²) in [6, 6.07) is 18.6. The van der Waals surface area contributed by atoms with Crippen LogP contribution < -0.4 is 0 Å². The third kappa shape index (κ3) is 5.72. The van der Waals surface area contributed by atoms with Crippen molar-refractivity contribution < 1.29 is 17.6 Å². The van der Waals surface area contributed by atoms with Gasteiger partial charge < -0.3 is 0 Å². The maximum Gasteiger partial charge on any atom is 0.204 e. The van der Waals surface area contributed by atoms with E-state index in [0.717, 1.165) is 8.95 Å². The maximum atomic E-state index is 13.2. The Morgan fingerprint density at radius 1 is 0.828 bits per heavy atom. The van der Waals surface area contributed by atoms with Crippen molar-refractivity contribution in [1.82, 2.24) is 0 Å². The van der Waals surface area contributed by atoms with E-state index in [9.17, 15) is 17.6 Å². The van der Waals surface area contributed by atoms with Gasteiger partial charge in [0.15, 0.2) is 9.84 Å². The molecular weight excluding hydrogens is 523 g/mol. The van der Waals surface area contributed by atoms with E-state index >= 15 is 0 Å². The molecule has 0 unspecified atom stereocenters. The molecule has 0 aliphatic carbocycles. The Bertz CT molecular complexity index is 1150. The molecule has 0 aliphatic heterocycles. The molecule has 0 aliphatic rings. The van der Waals surface area contributed by atoms with Crippen molar-refractivity contribution in [2.24, 2.45) is 0 Å². The van der Waals surface area contributed by atoms with Crippen LogP contribution in [0.5, 0.6) is 0 Å². The number of carbonyl (C=O) groups is 1. The molecule has 7 heteroatoms. The van der Waals surface area contributed by atoms with E-state index in [1.807, 2.05) is 0 Å². The SMILES string of the molecule is O=C(C(=Cc1ccc(Br)cc1)S(=O)(=O)Cc1ccc(F)cc1)c1ccc(Br)cc1. The number of allylic oxidation sites excluding steroid dienone is 1. The summed E-state index contributed by atoms with van der Waals surface area (Å²) in [6.07, 6.45) is 1.37. The van der Waals surface area contributed by atoms with Crippen molar-refractivity contribution in [3.8, 4) is 0 Å². The highest BCUT2D eigenvalue weighted by atomic mass is 79.9. The fourth-order valence-electron chi connectivity index (χ4n) is 2.63. The number of benzene rings is 3. The molecule has 148 valence electrons. The van der Waals surface area contributed by atoms with Gasteiger partial charge in [0.05, 0.1) is 5.75 Å². The second-order valence-electron chi connectivity index (χ2n) is 6.28. The number of Topliss-reactive ketones (excluding diaryl/α,β-unsaturated/α-hetero) is 1. The van der Waals surface area contributed by atoms with Gasteiger partial charge in [-0.1, -0.05) is 56.1 Å². The second kappa shape index (κ2) is 9.15. The summed E-state index contributed by atoms with van der Waals surface area (Å²) in [4.78, 5) is 12.8. The smallest absolute Gasteiger partial charge is 0.204 e. The lowest BCUT2D eigenvalue weighted by atomic mass is 10.1. The van der Waals surface area contributed by atoms with Crippen molar-refractivity contribution >= 4 is 53.6 Å². The van der Waals surface area contributed by atoms with Crippen molar-refractivity contribution in [3.05, 3.63) is 109 Å². The minimum absolute atomic E-state index is 0.263. The standard InChI is InChI=1S/C22H15Br2FO3S/c23-18-7-1-15(2-8-18)13-21(22(26)17-5-9-19(24)10-6-17)29(27,28)14-16-3-11-20(25)12-4-16/h1-13H,14H2. The Kier molecular flexibility index (Phi) is 6.82. The van der Waals surface area contributed by atoms with Gasteiger partial charge in [-0.25, -0.2) is 12.8 Å². The average molecular weight is 538 g/mol. The fraction of sp³-hybridized carbons (Fsp3) is 0.0455. The number of halogens is 3. The molecule has 0 N–H and O–H groups in total. The number of ketones is 1. The number of hydrogen-bond donors (Lipinski definition) is 0. The van der Waals surface area contributed by atoms with E-state index in [1.165, 1.54) is 30.3 Å². The Morgan fingerprint density at radius 3 is 1.90 bits per heavy atom. The molecule has 0 heterocycles. The van der Waals surface area contributed by atoms with Crippen LogP contribution in [0, 0.1) is 5.82 Å². The zero-order chi connectivity index (χ0) is 21.0. The van der Waals surface area contributed by atoms with E-state index in [2.05, 4.69) is 31.9 Å². The Morgan fingerprint density at radius 2 is 1.34 bits per heavy atom. The minimum atomic E-state index is -3.99. The summed E-state index contributed by atoms with van der Waals surface area (Å²) >= 11 is 6.64. The Labute approximate surface area is 185 Å². The van der Waals surface area contributed by atoms with Crippen LogP contribution in [0.2, 0.25) is 0 Å². The van der Waals surface area contributed by atoms with Gasteiger partial charge in [0.1, 0.15) is 10.7 Å². The summed E-state index contributed by atoms with van der Waals surface area (Å²) in [6.45, 7) is 0. The molecule has 0 bridgehead atoms. The fourth-order valence-corrected chi connectivity index (χ4v) is 4.66. The Hall–Kier alpha value is -2.09. The van der Waals surface area contributed by atoms with E-state index < -0.39 is 27.2 Å². The first-order chi connectivity index (χ1) is 13.7. The third-order valence-corrected chi connectivity index (χ3v) is 6.85. The first-order valence-corrected chi connectivity index (χ1v) is 11.7. The van der Waals surface area contributed by atoms with Gasteiger partial charge in [0, 0.05) is 14.5 Å². The summed E-state index contributed by atoms with van der Waals surface area (Å²) in [7, 11) is -3.99. The molecule has 0 radical (unpaired) electrons. The zero-order valence-electron chi connectivity index (χ0n) is 15.0. The van der Waals surface area contributed by atoms with Crippen LogP contribution in [0.4, 0.5) is 4.39 Å². The normalized spacial score (nSPS) is 12.0. The van der Waals surface area contributed by atoms with Gasteiger partial charge in [-0.15, -0.1) is 0 Å². The molecule has 3 nitrogen and oxygen atoms in total. The molecule has 0 fully saturated rings. The van der Waals surface area contributed by atoms with E-state index in [-0.39, 0.29) is 10.5 Å². The lowest BCUT2D eigenvalue weighted by Crippen LogP contribution is -2.16. The summed E-state index contributed by atoms with van der Waals surface area (Å²) < 4.78 is 41.0. The average Bonchev–Trinajstić information content (AvgIpc) is 2.69. The molecular formula is C22H15Br2FO3S. The monoisotopic (exact) mass is 536 g/mol. The van der Waals surface area contributed by atoms with Crippen molar-refractivity contribution in [2.75, 3.05) is 0 Å². The zero-order valence-corrected chi connectivity index (χ0v) is 19.0. The summed E-state index contributed by atoms with van der Waals surface area (Å²) in [5.41, 5.74) is 1.24. The third-order valence-electron chi connectivity index (χ3n) is 4.10. The lowest BCUT2D eigenvalue weighted by molar-refractivity contribution is 0.104. The minimum Gasteiger partial charge on any atom is -0.288 e. The largest absolute Gasteiger partial charge is 0.288 e. The van der Waals surface area contributed by atoms with Gasteiger partial charge in [-0.05, 0) is 65.7 Å². The molecule has 29 heavy (non-hydrogen) atoms. The Balaban J connectivity index is 2.05. The molecule has 3 rings (SSSR count). The summed E-state index contributed by atoms with van der Waals surface area (Å²) in [5, 5.41) is 0. The van der Waals surface area contributed by atoms with Crippen molar-refractivity contribution in [2.45, 2.75) is 5.75 Å². The van der Waals surface area contributed by atoms with Crippen LogP contribution in [-0.4, -0.2) is 14.2 Å². The predicted molar refractivity (Wildman–Crippen MR) is 120 cm³/mol. The first-order valence-electron chi connectivity index (χ1n) is 8.49.